The Morgan fingerprint density at radius 2 is 1.95 bits per heavy atom. The van der Waals surface area contributed by atoms with Crippen molar-refractivity contribution in [1.82, 2.24) is 4.90 Å². The van der Waals surface area contributed by atoms with E-state index in [1.54, 1.807) is 12.1 Å². The number of carbonyl (C=O) groups is 1. The van der Waals surface area contributed by atoms with Gasteiger partial charge in [-0.1, -0.05) is 12.8 Å². The van der Waals surface area contributed by atoms with Crippen molar-refractivity contribution in [3.63, 3.8) is 0 Å². The zero-order chi connectivity index (χ0) is 14.8. The molecule has 0 unspecified atom stereocenters. The normalized spacial score (nSPS) is 17.6. The molecule has 1 aliphatic heterocycles. The Morgan fingerprint density at radius 3 is 2.62 bits per heavy atom. The summed E-state index contributed by atoms with van der Waals surface area (Å²) >= 11 is 0. The highest BCUT2D eigenvalue weighted by Crippen LogP contribution is 2.38. The number of carbonyl (C=O) groups excluding carboxylic acids is 1. The van der Waals surface area contributed by atoms with Crippen LogP contribution in [0.2, 0.25) is 0 Å². The molecule has 0 saturated heterocycles. The number of aromatic hydroxyl groups is 1. The predicted molar refractivity (Wildman–Crippen MR) is 76.1 cm³/mol. The fraction of sp³-hybridized carbons (Fsp3) is 0.533. The Bertz CT molecular complexity index is 541. The molecule has 3 N–H and O–H groups in total. The Labute approximate surface area is 123 Å². The number of hydrogen-bond donors (Lipinski definition) is 2. The van der Waals surface area contributed by atoms with E-state index in [0.717, 1.165) is 18.4 Å². The van der Waals surface area contributed by atoms with Gasteiger partial charge in [-0.2, -0.15) is 0 Å². The minimum absolute atomic E-state index is 0.159. The summed E-state index contributed by atoms with van der Waals surface area (Å²) in [4.78, 5) is 13.4. The van der Waals surface area contributed by atoms with Gasteiger partial charge in [-0.3, -0.25) is 9.69 Å². The third-order valence-corrected chi connectivity index (χ3v) is 4.15. The van der Waals surface area contributed by atoms with Crippen molar-refractivity contribution < 1.29 is 19.4 Å². The zero-order valence-corrected chi connectivity index (χ0v) is 11.9. The highest BCUT2D eigenvalue weighted by molar-refractivity contribution is 5.76. The van der Waals surface area contributed by atoms with Crippen molar-refractivity contribution in [2.24, 2.45) is 5.73 Å². The molecule has 0 radical (unpaired) electrons. The van der Waals surface area contributed by atoms with E-state index in [9.17, 15) is 9.90 Å². The van der Waals surface area contributed by atoms with E-state index in [1.807, 2.05) is 4.90 Å². The summed E-state index contributed by atoms with van der Waals surface area (Å²) in [5.41, 5.74) is 6.08. The molecule has 2 aliphatic rings. The summed E-state index contributed by atoms with van der Waals surface area (Å²) in [6.07, 6.45) is 4.48. The summed E-state index contributed by atoms with van der Waals surface area (Å²) in [5, 5.41) is 10.1. The molecule has 1 heterocycles. The first kappa shape index (κ1) is 14.0. The van der Waals surface area contributed by atoms with Crippen LogP contribution in [-0.4, -0.2) is 35.3 Å². The topological polar surface area (TPSA) is 85.0 Å². The van der Waals surface area contributed by atoms with Crippen LogP contribution in [0.5, 0.6) is 17.2 Å². The average molecular weight is 292 g/mol. The molecule has 1 fully saturated rings. The molecular formula is C15H20N2O4. The maximum Gasteiger partial charge on any atom is 0.231 e. The lowest BCUT2D eigenvalue weighted by Gasteiger charge is -2.27. The number of phenolic OH excluding ortho intramolecular Hbond substituents is 1. The van der Waals surface area contributed by atoms with E-state index in [1.165, 1.54) is 12.8 Å². The number of ether oxygens (including phenoxy) is 2. The number of amides is 1. The van der Waals surface area contributed by atoms with Crippen LogP contribution in [0.25, 0.3) is 0 Å². The van der Waals surface area contributed by atoms with Crippen LogP contribution in [0.4, 0.5) is 0 Å². The van der Waals surface area contributed by atoms with Crippen LogP contribution in [0.15, 0.2) is 12.1 Å². The molecule has 6 heteroatoms. The van der Waals surface area contributed by atoms with Crippen molar-refractivity contribution in [3.8, 4) is 17.2 Å². The largest absolute Gasteiger partial charge is 0.507 e. The van der Waals surface area contributed by atoms with Crippen LogP contribution in [0.3, 0.4) is 0 Å². The molecule has 0 aromatic heterocycles. The van der Waals surface area contributed by atoms with Gasteiger partial charge in [0.05, 0.1) is 6.54 Å². The van der Waals surface area contributed by atoms with Gasteiger partial charge in [-0.15, -0.1) is 0 Å². The summed E-state index contributed by atoms with van der Waals surface area (Å²) in [5.74, 6) is 1.00. The van der Waals surface area contributed by atoms with Crippen molar-refractivity contribution in [3.05, 3.63) is 17.7 Å². The van der Waals surface area contributed by atoms with Gasteiger partial charge >= 0.3 is 0 Å². The van der Waals surface area contributed by atoms with E-state index in [0.29, 0.717) is 24.1 Å². The number of fused-ring (bicyclic) bond motifs is 1. The first-order valence-corrected chi connectivity index (χ1v) is 7.27. The Morgan fingerprint density at radius 1 is 1.29 bits per heavy atom. The minimum atomic E-state index is -0.345. The quantitative estimate of drug-likeness (QED) is 0.855. The van der Waals surface area contributed by atoms with Gasteiger partial charge in [0.1, 0.15) is 5.75 Å². The molecule has 1 aromatic carbocycles. The smallest absolute Gasteiger partial charge is 0.231 e. The van der Waals surface area contributed by atoms with Gasteiger partial charge in [0.2, 0.25) is 12.7 Å². The van der Waals surface area contributed by atoms with Crippen molar-refractivity contribution in [2.45, 2.75) is 38.3 Å². The lowest BCUT2D eigenvalue weighted by molar-refractivity contribution is -0.119. The molecule has 0 bridgehead atoms. The number of nitrogens with zero attached hydrogens (tertiary/aromatic N) is 1. The third kappa shape index (κ3) is 3.05. The van der Waals surface area contributed by atoms with E-state index in [2.05, 4.69) is 0 Å². The zero-order valence-electron chi connectivity index (χ0n) is 11.9. The monoisotopic (exact) mass is 292 g/mol. The lowest BCUT2D eigenvalue weighted by atomic mass is 10.1. The van der Waals surface area contributed by atoms with Crippen molar-refractivity contribution in [1.29, 1.82) is 0 Å². The standard InChI is InChI=1S/C15H20N2O4/c16-15(19)8-17(11-3-1-2-4-11)7-10-5-13-14(6-12(10)18)21-9-20-13/h5-6,11,18H,1-4,7-9H2,(H2,16,19). The van der Waals surface area contributed by atoms with Gasteiger partial charge in [-0.05, 0) is 18.9 Å². The SMILES string of the molecule is NC(=O)CN(Cc1cc2c(cc1O)OCO2)C1CCCC1. The van der Waals surface area contributed by atoms with Gasteiger partial charge in [0.25, 0.3) is 0 Å². The number of nitrogens with two attached hydrogens (primary N) is 1. The number of hydrogen-bond acceptors (Lipinski definition) is 5. The van der Waals surface area contributed by atoms with Crippen molar-refractivity contribution in [2.75, 3.05) is 13.3 Å². The second-order valence-electron chi connectivity index (χ2n) is 5.64. The maximum absolute atomic E-state index is 11.3. The fourth-order valence-corrected chi connectivity index (χ4v) is 3.10. The molecule has 1 aliphatic carbocycles. The maximum atomic E-state index is 11.3. The highest BCUT2D eigenvalue weighted by Gasteiger charge is 2.26. The molecular weight excluding hydrogens is 272 g/mol. The Hall–Kier alpha value is -1.95. The summed E-state index contributed by atoms with van der Waals surface area (Å²) in [7, 11) is 0. The van der Waals surface area contributed by atoms with E-state index >= 15 is 0 Å². The second kappa shape index (κ2) is 5.81. The molecule has 21 heavy (non-hydrogen) atoms. The van der Waals surface area contributed by atoms with Gasteiger partial charge in [0, 0.05) is 24.2 Å². The van der Waals surface area contributed by atoms with Crippen LogP contribution in [0.1, 0.15) is 31.2 Å². The number of phenols is 1. The van der Waals surface area contributed by atoms with E-state index in [4.69, 9.17) is 15.2 Å². The number of rotatable bonds is 5. The Balaban J connectivity index is 1.80. The van der Waals surface area contributed by atoms with Crippen LogP contribution in [0, 0.1) is 0 Å². The van der Waals surface area contributed by atoms with Gasteiger partial charge in [0.15, 0.2) is 11.5 Å². The fourth-order valence-electron chi connectivity index (χ4n) is 3.10. The summed E-state index contributed by atoms with van der Waals surface area (Å²) in [6.45, 7) is 0.862. The van der Waals surface area contributed by atoms with Crippen LogP contribution in [-0.2, 0) is 11.3 Å². The molecule has 0 atom stereocenters. The van der Waals surface area contributed by atoms with Gasteiger partial charge in [-0.25, -0.2) is 0 Å². The number of primary amides is 1. The molecule has 0 spiro atoms. The Kier molecular flexibility index (Phi) is 3.88. The summed E-state index contributed by atoms with van der Waals surface area (Å²) < 4.78 is 10.6. The summed E-state index contributed by atoms with van der Waals surface area (Å²) in [6, 6.07) is 3.69. The molecule has 3 rings (SSSR count). The van der Waals surface area contributed by atoms with Crippen LogP contribution >= 0.6 is 0 Å². The van der Waals surface area contributed by atoms with Crippen molar-refractivity contribution >= 4 is 5.91 Å². The third-order valence-electron chi connectivity index (χ3n) is 4.15. The van der Waals surface area contributed by atoms with E-state index in [-0.39, 0.29) is 25.0 Å². The molecule has 1 saturated carbocycles. The van der Waals surface area contributed by atoms with E-state index < -0.39 is 0 Å². The molecule has 1 amide bonds. The minimum Gasteiger partial charge on any atom is -0.507 e. The average Bonchev–Trinajstić information content (AvgIpc) is 3.07. The molecule has 114 valence electrons. The first-order chi connectivity index (χ1) is 10.1. The lowest BCUT2D eigenvalue weighted by Crippen LogP contribution is -2.39. The van der Waals surface area contributed by atoms with Crippen LogP contribution < -0.4 is 15.2 Å². The van der Waals surface area contributed by atoms with Gasteiger partial charge < -0.3 is 20.3 Å². The predicted octanol–water partition coefficient (Wildman–Crippen LogP) is 1.35. The second-order valence-corrected chi connectivity index (χ2v) is 5.64. The molecule has 6 nitrogen and oxygen atoms in total. The first-order valence-electron chi connectivity index (χ1n) is 7.27. The number of benzene rings is 1. The molecule has 1 aromatic rings. The highest BCUT2D eigenvalue weighted by atomic mass is 16.7.